The number of oxazole rings is 1. The number of esters is 1. The van der Waals surface area contributed by atoms with E-state index < -0.39 is 0 Å². The fourth-order valence-electron chi connectivity index (χ4n) is 1.70. The van der Waals surface area contributed by atoms with E-state index in [0.29, 0.717) is 17.0 Å². The number of aromatic nitrogens is 1. The molecule has 0 spiro atoms. The van der Waals surface area contributed by atoms with Crippen molar-refractivity contribution in [2.24, 2.45) is 0 Å². The van der Waals surface area contributed by atoms with Crippen LogP contribution in [-0.2, 0) is 4.74 Å². The standard InChI is InChI=1S/C13H15NO3/c1-7(2)12-14-10-6-9(13(15)16-4)5-8(3)11(10)17-12/h5-7H,1-4H3. The molecule has 2 rings (SSSR count). The summed E-state index contributed by atoms with van der Waals surface area (Å²) >= 11 is 0. The Balaban J connectivity index is 2.61. The van der Waals surface area contributed by atoms with E-state index in [4.69, 9.17) is 9.15 Å². The summed E-state index contributed by atoms with van der Waals surface area (Å²) in [5.74, 6) is 0.553. The minimum absolute atomic E-state index is 0.225. The summed E-state index contributed by atoms with van der Waals surface area (Å²) in [5, 5.41) is 0. The summed E-state index contributed by atoms with van der Waals surface area (Å²) in [5.41, 5.74) is 2.83. The maximum atomic E-state index is 11.5. The molecule has 0 saturated carbocycles. The first-order chi connectivity index (χ1) is 8.02. The second-order valence-corrected chi connectivity index (χ2v) is 4.34. The molecule has 0 radical (unpaired) electrons. The lowest BCUT2D eigenvalue weighted by Gasteiger charge is -2.00. The lowest BCUT2D eigenvalue weighted by molar-refractivity contribution is 0.0601. The predicted molar refractivity (Wildman–Crippen MR) is 64.2 cm³/mol. The van der Waals surface area contributed by atoms with Crippen molar-refractivity contribution in [1.82, 2.24) is 4.98 Å². The Morgan fingerprint density at radius 2 is 2.12 bits per heavy atom. The Morgan fingerprint density at radius 1 is 1.41 bits per heavy atom. The summed E-state index contributed by atoms with van der Waals surface area (Å²) in [6, 6.07) is 3.45. The second-order valence-electron chi connectivity index (χ2n) is 4.34. The van der Waals surface area contributed by atoms with Crippen LogP contribution in [0.5, 0.6) is 0 Å². The highest BCUT2D eigenvalue weighted by atomic mass is 16.5. The minimum atomic E-state index is -0.357. The Bertz CT molecular complexity index is 569. The van der Waals surface area contributed by atoms with Crippen molar-refractivity contribution in [1.29, 1.82) is 0 Å². The molecule has 0 amide bonds. The molecule has 1 aromatic heterocycles. The minimum Gasteiger partial charge on any atom is -0.465 e. The molecule has 0 saturated heterocycles. The van der Waals surface area contributed by atoms with E-state index in [0.717, 1.165) is 11.1 Å². The van der Waals surface area contributed by atoms with Gasteiger partial charge in [-0.3, -0.25) is 0 Å². The van der Waals surface area contributed by atoms with E-state index >= 15 is 0 Å². The van der Waals surface area contributed by atoms with Gasteiger partial charge in [0.05, 0.1) is 12.7 Å². The molecule has 1 aromatic carbocycles. The lowest BCUT2D eigenvalue weighted by Crippen LogP contribution is -2.01. The molecule has 0 aliphatic carbocycles. The van der Waals surface area contributed by atoms with Crippen molar-refractivity contribution >= 4 is 17.1 Å². The first-order valence-electron chi connectivity index (χ1n) is 5.52. The Labute approximate surface area is 99.6 Å². The van der Waals surface area contributed by atoms with Crippen LogP contribution in [0.25, 0.3) is 11.1 Å². The van der Waals surface area contributed by atoms with Gasteiger partial charge in [-0.1, -0.05) is 13.8 Å². The zero-order valence-electron chi connectivity index (χ0n) is 10.4. The highest BCUT2D eigenvalue weighted by Gasteiger charge is 2.15. The summed E-state index contributed by atoms with van der Waals surface area (Å²) in [7, 11) is 1.37. The van der Waals surface area contributed by atoms with Gasteiger partial charge in [-0.2, -0.15) is 0 Å². The lowest BCUT2D eigenvalue weighted by atomic mass is 10.1. The molecular formula is C13H15NO3. The fourth-order valence-corrected chi connectivity index (χ4v) is 1.70. The normalized spacial score (nSPS) is 11.1. The van der Waals surface area contributed by atoms with E-state index in [1.807, 2.05) is 20.8 Å². The average Bonchev–Trinajstić information content (AvgIpc) is 2.72. The Hall–Kier alpha value is -1.84. The van der Waals surface area contributed by atoms with Gasteiger partial charge in [0.15, 0.2) is 11.5 Å². The number of fused-ring (bicyclic) bond motifs is 1. The molecule has 17 heavy (non-hydrogen) atoms. The zero-order valence-corrected chi connectivity index (χ0v) is 10.4. The van der Waals surface area contributed by atoms with Gasteiger partial charge in [-0.25, -0.2) is 9.78 Å². The number of benzene rings is 1. The highest BCUT2D eigenvalue weighted by Crippen LogP contribution is 2.25. The molecule has 90 valence electrons. The fraction of sp³-hybridized carbons (Fsp3) is 0.385. The topological polar surface area (TPSA) is 52.3 Å². The summed E-state index contributed by atoms with van der Waals surface area (Å²) in [6.07, 6.45) is 0. The zero-order chi connectivity index (χ0) is 12.6. The molecule has 0 bridgehead atoms. The molecule has 1 heterocycles. The Kier molecular flexibility index (Phi) is 2.88. The number of hydrogen-bond donors (Lipinski definition) is 0. The number of rotatable bonds is 2. The molecule has 4 heteroatoms. The third-order valence-corrected chi connectivity index (χ3v) is 2.61. The number of methoxy groups -OCH3 is 1. The Morgan fingerprint density at radius 3 is 2.71 bits per heavy atom. The largest absolute Gasteiger partial charge is 0.465 e. The van der Waals surface area contributed by atoms with Gasteiger partial charge in [-0.05, 0) is 24.6 Å². The quantitative estimate of drug-likeness (QED) is 0.748. The van der Waals surface area contributed by atoms with Crippen molar-refractivity contribution in [2.75, 3.05) is 7.11 Å². The van der Waals surface area contributed by atoms with Crippen molar-refractivity contribution in [2.45, 2.75) is 26.7 Å². The number of carbonyl (C=O) groups excluding carboxylic acids is 1. The van der Waals surface area contributed by atoms with Crippen molar-refractivity contribution in [3.05, 3.63) is 29.2 Å². The first kappa shape index (κ1) is 11.6. The van der Waals surface area contributed by atoms with Crippen LogP contribution >= 0.6 is 0 Å². The van der Waals surface area contributed by atoms with Crippen LogP contribution in [-0.4, -0.2) is 18.1 Å². The van der Waals surface area contributed by atoms with Gasteiger partial charge < -0.3 is 9.15 Å². The van der Waals surface area contributed by atoms with Crippen molar-refractivity contribution in [3.8, 4) is 0 Å². The van der Waals surface area contributed by atoms with Gasteiger partial charge in [-0.15, -0.1) is 0 Å². The maximum Gasteiger partial charge on any atom is 0.337 e. The van der Waals surface area contributed by atoms with Crippen LogP contribution in [0.2, 0.25) is 0 Å². The van der Waals surface area contributed by atoms with Gasteiger partial charge >= 0.3 is 5.97 Å². The van der Waals surface area contributed by atoms with Crippen LogP contribution in [0.1, 0.15) is 41.6 Å². The number of aryl methyl sites for hydroxylation is 1. The molecule has 0 N–H and O–H groups in total. The van der Waals surface area contributed by atoms with Crippen LogP contribution < -0.4 is 0 Å². The molecular weight excluding hydrogens is 218 g/mol. The van der Waals surface area contributed by atoms with E-state index in [-0.39, 0.29) is 11.9 Å². The molecule has 4 nitrogen and oxygen atoms in total. The third-order valence-electron chi connectivity index (χ3n) is 2.61. The maximum absolute atomic E-state index is 11.5. The van der Waals surface area contributed by atoms with Crippen LogP contribution in [0.15, 0.2) is 16.5 Å². The summed E-state index contributed by atoms with van der Waals surface area (Å²) < 4.78 is 10.4. The molecule has 0 unspecified atom stereocenters. The predicted octanol–water partition coefficient (Wildman–Crippen LogP) is 3.05. The number of hydrogen-bond acceptors (Lipinski definition) is 4. The van der Waals surface area contributed by atoms with Crippen molar-refractivity contribution < 1.29 is 13.9 Å². The van der Waals surface area contributed by atoms with E-state index in [1.54, 1.807) is 12.1 Å². The van der Waals surface area contributed by atoms with Crippen LogP contribution in [0, 0.1) is 6.92 Å². The molecule has 0 aliphatic heterocycles. The first-order valence-corrected chi connectivity index (χ1v) is 5.52. The third kappa shape index (κ3) is 2.02. The number of carbonyl (C=O) groups is 1. The van der Waals surface area contributed by atoms with E-state index in [2.05, 4.69) is 4.98 Å². The van der Waals surface area contributed by atoms with Crippen molar-refractivity contribution in [3.63, 3.8) is 0 Å². The highest BCUT2D eigenvalue weighted by molar-refractivity contribution is 5.94. The summed E-state index contributed by atoms with van der Waals surface area (Å²) in [6.45, 7) is 5.92. The molecule has 0 aliphatic rings. The molecule has 2 aromatic rings. The summed E-state index contributed by atoms with van der Waals surface area (Å²) in [4.78, 5) is 15.8. The SMILES string of the molecule is COC(=O)c1cc(C)c2oc(C(C)C)nc2c1. The van der Waals surface area contributed by atoms with E-state index in [9.17, 15) is 4.79 Å². The van der Waals surface area contributed by atoms with E-state index in [1.165, 1.54) is 7.11 Å². The molecule has 0 fully saturated rings. The van der Waals surface area contributed by atoms with Gasteiger partial charge in [0.2, 0.25) is 0 Å². The average molecular weight is 233 g/mol. The number of ether oxygens (including phenoxy) is 1. The second kappa shape index (κ2) is 4.20. The number of nitrogens with zero attached hydrogens (tertiary/aromatic N) is 1. The van der Waals surface area contributed by atoms with Gasteiger partial charge in [0, 0.05) is 5.92 Å². The monoisotopic (exact) mass is 233 g/mol. The van der Waals surface area contributed by atoms with Crippen LogP contribution in [0.4, 0.5) is 0 Å². The van der Waals surface area contributed by atoms with Crippen LogP contribution in [0.3, 0.4) is 0 Å². The smallest absolute Gasteiger partial charge is 0.337 e. The van der Waals surface area contributed by atoms with Gasteiger partial charge in [0.1, 0.15) is 5.52 Å². The van der Waals surface area contributed by atoms with Gasteiger partial charge in [0.25, 0.3) is 0 Å². The molecule has 0 atom stereocenters.